The van der Waals surface area contributed by atoms with Gasteiger partial charge in [0.1, 0.15) is 0 Å². The van der Waals surface area contributed by atoms with Crippen LogP contribution >= 0.6 is 11.3 Å². The number of amides is 1. The van der Waals surface area contributed by atoms with E-state index in [9.17, 15) is 13.2 Å². The van der Waals surface area contributed by atoms with Crippen LogP contribution in [0.2, 0.25) is 0 Å². The first-order valence-electron chi connectivity index (χ1n) is 9.37. The first kappa shape index (κ1) is 19.7. The summed E-state index contributed by atoms with van der Waals surface area (Å²) in [4.78, 5) is 17.1. The molecule has 0 atom stereocenters. The van der Waals surface area contributed by atoms with Gasteiger partial charge in [-0.05, 0) is 43.2 Å². The Morgan fingerprint density at radius 3 is 2.62 bits per heavy atom. The number of sulfonamides is 1. The fraction of sp³-hybridized carbons (Fsp3) is 0.316. The number of nitrogens with one attached hydrogen (secondary N) is 1. The maximum Gasteiger partial charge on any atom is 0.251 e. The summed E-state index contributed by atoms with van der Waals surface area (Å²) in [6.45, 7) is 1.56. The molecule has 29 heavy (non-hydrogen) atoms. The third-order valence-corrected chi connectivity index (χ3v) is 7.52. The van der Waals surface area contributed by atoms with E-state index in [0.29, 0.717) is 31.6 Å². The predicted molar refractivity (Wildman–Crippen MR) is 110 cm³/mol. The quantitative estimate of drug-likeness (QED) is 0.618. The molecule has 1 aliphatic heterocycles. The second-order valence-corrected chi connectivity index (χ2v) is 9.49. The number of hydrogen-bond donors (Lipinski definition) is 1. The number of aromatic nitrogens is 3. The SMILES string of the molecule is O=C(NCCc1csc(-n2cccn2)n1)c1ccc(S(=O)(=O)N2CCCC2)cc1. The van der Waals surface area contributed by atoms with Crippen molar-refractivity contribution in [2.75, 3.05) is 19.6 Å². The molecule has 1 aromatic carbocycles. The maximum absolute atomic E-state index is 12.5. The van der Waals surface area contributed by atoms with Gasteiger partial charge in [-0.1, -0.05) is 0 Å². The summed E-state index contributed by atoms with van der Waals surface area (Å²) < 4.78 is 28.3. The molecule has 0 spiro atoms. The minimum atomic E-state index is -3.46. The monoisotopic (exact) mass is 431 g/mol. The Kier molecular flexibility index (Phi) is 5.74. The number of thiazole rings is 1. The van der Waals surface area contributed by atoms with E-state index in [1.54, 1.807) is 23.0 Å². The smallest absolute Gasteiger partial charge is 0.251 e. The molecular formula is C19H21N5O3S2. The van der Waals surface area contributed by atoms with Crippen LogP contribution in [-0.2, 0) is 16.4 Å². The van der Waals surface area contributed by atoms with Crippen LogP contribution in [0.3, 0.4) is 0 Å². The molecule has 1 amide bonds. The largest absolute Gasteiger partial charge is 0.352 e. The molecule has 3 aromatic rings. The highest BCUT2D eigenvalue weighted by Gasteiger charge is 2.27. The molecule has 10 heteroatoms. The molecule has 0 bridgehead atoms. The summed E-state index contributed by atoms with van der Waals surface area (Å²) in [6, 6.07) is 7.94. The Labute approximate surface area is 173 Å². The predicted octanol–water partition coefficient (Wildman–Crippen LogP) is 2.09. The number of hydrogen-bond acceptors (Lipinski definition) is 6. The van der Waals surface area contributed by atoms with E-state index in [4.69, 9.17) is 0 Å². The van der Waals surface area contributed by atoms with Crippen molar-refractivity contribution >= 4 is 27.3 Å². The lowest BCUT2D eigenvalue weighted by atomic mass is 10.2. The summed E-state index contributed by atoms with van der Waals surface area (Å²) >= 11 is 1.49. The Hall–Kier alpha value is -2.56. The normalized spacial score (nSPS) is 14.9. The van der Waals surface area contributed by atoms with Crippen molar-refractivity contribution in [1.82, 2.24) is 24.4 Å². The van der Waals surface area contributed by atoms with E-state index in [1.165, 1.54) is 27.8 Å². The van der Waals surface area contributed by atoms with Gasteiger partial charge in [0, 0.05) is 49.4 Å². The Balaban J connectivity index is 1.32. The lowest BCUT2D eigenvalue weighted by Gasteiger charge is -2.15. The van der Waals surface area contributed by atoms with Crippen LogP contribution in [0.15, 0.2) is 53.0 Å². The van der Waals surface area contributed by atoms with E-state index in [1.807, 2.05) is 17.6 Å². The van der Waals surface area contributed by atoms with Gasteiger partial charge in [-0.2, -0.15) is 9.40 Å². The first-order chi connectivity index (χ1) is 14.0. The Morgan fingerprint density at radius 1 is 1.17 bits per heavy atom. The van der Waals surface area contributed by atoms with Crippen molar-refractivity contribution in [2.24, 2.45) is 0 Å². The van der Waals surface area contributed by atoms with Gasteiger partial charge in [0.2, 0.25) is 15.2 Å². The van der Waals surface area contributed by atoms with Crippen molar-refractivity contribution in [2.45, 2.75) is 24.2 Å². The molecule has 3 heterocycles. The second-order valence-electron chi connectivity index (χ2n) is 6.71. The van der Waals surface area contributed by atoms with Crippen LogP contribution < -0.4 is 5.32 Å². The molecule has 8 nitrogen and oxygen atoms in total. The van der Waals surface area contributed by atoms with Crippen LogP contribution in [0.1, 0.15) is 28.9 Å². The molecular weight excluding hydrogens is 410 g/mol. The molecule has 0 saturated carbocycles. The first-order valence-corrected chi connectivity index (χ1v) is 11.7. The Bertz CT molecular complexity index is 1070. The summed E-state index contributed by atoms with van der Waals surface area (Å²) in [5.41, 5.74) is 1.31. The van der Waals surface area contributed by atoms with Gasteiger partial charge in [0.05, 0.1) is 10.6 Å². The minimum absolute atomic E-state index is 0.226. The highest BCUT2D eigenvalue weighted by molar-refractivity contribution is 7.89. The van der Waals surface area contributed by atoms with Crippen molar-refractivity contribution in [3.8, 4) is 5.13 Å². The fourth-order valence-corrected chi connectivity index (χ4v) is 5.48. The van der Waals surface area contributed by atoms with Crippen molar-refractivity contribution < 1.29 is 13.2 Å². The van der Waals surface area contributed by atoms with Crippen molar-refractivity contribution in [1.29, 1.82) is 0 Å². The van der Waals surface area contributed by atoms with E-state index in [0.717, 1.165) is 23.7 Å². The minimum Gasteiger partial charge on any atom is -0.352 e. The molecule has 0 unspecified atom stereocenters. The van der Waals surface area contributed by atoms with Crippen LogP contribution in [0.5, 0.6) is 0 Å². The summed E-state index contributed by atoms with van der Waals surface area (Å²) in [7, 11) is -3.46. The number of nitrogens with zero attached hydrogens (tertiary/aromatic N) is 4. The summed E-state index contributed by atoms with van der Waals surface area (Å²) in [5.74, 6) is -0.238. The summed E-state index contributed by atoms with van der Waals surface area (Å²) in [5, 5.41) is 9.72. The average molecular weight is 432 g/mol. The van der Waals surface area contributed by atoms with Gasteiger partial charge < -0.3 is 5.32 Å². The van der Waals surface area contributed by atoms with E-state index >= 15 is 0 Å². The number of benzene rings is 1. The number of rotatable bonds is 7. The zero-order valence-electron chi connectivity index (χ0n) is 15.7. The molecule has 1 saturated heterocycles. The van der Waals surface area contributed by atoms with E-state index < -0.39 is 10.0 Å². The van der Waals surface area contributed by atoms with Gasteiger partial charge in [0.25, 0.3) is 5.91 Å². The highest BCUT2D eigenvalue weighted by Crippen LogP contribution is 2.21. The van der Waals surface area contributed by atoms with E-state index in [-0.39, 0.29) is 10.8 Å². The van der Waals surface area contributed by atoms with Crippen molar-refractivity contribution in [3.63, 3.8) is 0 Å². The third-order valence-electron chi connectivity index (χ3n) is 4.73. The van der Waals surface area contributed by atoms with Crippen molar-refractivity contribution in [3.05, 3.63) is 59.4 Å². The fourth-order valence-electron chi connectivity index (χ4n) is 3.16. The van der Waals surface area contributed by atoms with Gasteiger partial charge in [-0.25, -0.2) is 18.1 Å². The summed E-state index contributed by atoms with van der Waals surface area (Å²) in [6.07, 6.45) is 5.91. The van der Waals surface area contributed by atoms with Crippen LogP contribution in [0, 0.1) is 0 Å². The van der Waals surface area contributed by atoms with Crippen LogP contribution in [-0.4, -0.2) is 53.0 Å². The van der Waals surface area contributed by atoms with Gasteiger partial charge in [-0.15, -0.1) is 11.3 Å². The number of carbonyl (C=O) groups excluding carboxylic acids is 1. The van der Waals surface area contributed by atoms with Gasteiger partial charge >= 0.3 is 0 Å². The number of carbonyl (C=O) groups is 1. The maximum atomic E-state index is 12.5. The molecule has 1 aliphatic rings. The molecule has 0 aliphatic carbocycles. The lowest BCUT2D eigenvalue weighted by molar-refractivity contribution is 0.0954. The molecule has 1 N–H and O–H groups in total. The van der Waals surface area contributed by atoms with Gasteiger partial charge in [0.15, 0.2) is 0 Å². The zero-order chi connectivity index (χ0) is 20.3. The topological polar surface area (TPSA) is 97.2 Å². The molecule has 0 radical (unpaired) electrons. The highest BCUT2D eigenvalue weighted by atomic mass is 32.2. The van der Waals surface area contributed by atoms with Crippen LogP contribution in [0.25, 0.3) is 5.13 Å². The van der Waals surface area contributed by atoms with E-state index in [2.05, 4.69) is 15.4 Å². The van der Waals surface area contributed by atoms with Crippen LogP contribution in [0.4, 0.5) is 0 Å². The zero-order valence-corrected chi connectivity index (χ0v) is 17.3. The third kappa shape index (κ3) is 4.39. The standard InChI is InChI=1S/C19H21N5O3S2/c25-18(20-10-8-16-14-28-19(22-16)24-13-3-9-21-24)15-4-6-17(7-5-15)29(26,27)23-11-1-2-12-23/h3-7,9,13-14H,1-2,8,10-12H2,(H,20,25). The molecule has 152 valence electrons. The molecule has 1 fully saturated rings. The second kappa shape index (κ2) is 8.44. The Morgan fingerprint density at radius 2 is 1.93 bits per heavy atom. The lowest BCUT2D eigenvalue weighted by Crippen LogP contribution is -2.28. The molecule has 2 aromatic heterocycles. The van der Waals surface area contributed by atoms with Gasteiger partial charge in [-0.3, -0.25) is 4.79 Å². The average Bonchev–Trinajstić information content (AvgIpc) is 3.50. The molecule has 4 rings (SSSR count).